The van der Waals surface area contributed by atoms with Crippen LogP contribution in [0.2, 0.25) is 0 Å². The van der Waals surface area contributed by atoms with Crippen molar-refractivity contribution in [1.82, 2.24) is 4.90 Å². The van der Waals surface area contributed by atoms with E-state index in [-0.39, 0.29) is 5.92 Å². The van der Waals surface area contributed by atoms with Crippen LogP contribution >= 0.6 is 0 Å². The van der Waals surface area contributed by atoms with E-state index in [1.165, 1.54) is 36.1 Å². The van der Waals surface area contributed by atoms with Crippen molar-refractivity contribution in [3.8, 4) is 11.1 Å². The van der Waals surface area contributed by atoms with E-state index in [4.69, 9.17) is 0 Å². The Morgan fingerprint density at radius 3 is 2.15 bits per heavy atom. The Morgan fingerprint density at radius 2 is 1.67 bits per heavy atom. The van der Waals surface area contributed by atoms with Gasteiger partial charge in [0.1, 0.15) is 0 Å². The van der Waals surface area contributed by atoms with E-state index < -0.39 is 5.97 Å². The van der Waals surface area contributed by atoms with Crippen molar-refractivity contribution in [2.45, 2.75) is 52.0 Å². The second kappa shape index (κ2) is 9.18. The molecule has 1 unspecified atom stereocenters. The van der Waals surface area contributed by atoms with Crippen LogP contribution in [-0.2, 0) is 17.6 Å². The molecule has 1 aliphatic heterocycles. The quantitative estimate of drug-likeness (QED) is 0.713. The van der Waals surface area contributed by atoms with Crippen molar-refractivity contribution in [2.75, 3.05) is 13.1 Å². The van der Waals surface area contributed by atoms with Gasteiger partial charge in [0.15, 0.2) is 0 Å². The van der Waals surface area contributed by atoms with Gasteiger partial charge in [0.2, 0.25) is 0 Å². The van der Waals surface area contributed by atoms with Gasteiger partial charge in [-0.3, -0.25) is 4.79 Å². The Balaban J connectivity index is 1.58. The van der Waals surface area contributed by atoms with Gasteiger partial charge in [-0.1, -0.05) is 55.5 Å². The van der Waals surface area contributed by atoms with E-state index in [9.17, 15) is 9.90 Å². The van der Waals surface area contributed by atoms with Gasteiger partial charge in [-0.05, 0) is 67.8 Å². The Bertz CT molecular complexity index is 736. The largest absolute Gasteiger partial charge is 0.481 e. The lowest BCUT2D eigenvalue weighted by Gasteiger charge is -2.20. The summed E-state index contributed by atoms with van der Waals surface area (Å²) in [6.07, 6.45) is 5.04. The third kappa shape index (κ3) is 5.20. The van der Waals surface area contributed by atoms with Crippen molar-refractivity contribution >= 4 is 5.97 Å². The molecule has 0 radical (unpaired) electrons. The van der Waals surface area contributed by atoms with Crippen LogP contribution in [0.4, 0.5) is 0 Å². The van der Waals surface area contributed by atoms with Gasteiger partial charge in [-0.25, -0.2) is 0 Å². The minimum Gasteiger partial charge on any atom is -0.481 e. The van der Waals surface area contributed by atoms with Crippen LogP contribution in [0.25, 0.3) is 11.1 Å². The number of carbonyl (C=O) groups is 1. The second-order valence-corrected chi connectivity index (χ2v) is 7.82. The molecule has 1 saturated heterocycles. The summed E-state index contributed by atoms with van der Waals surface area (Å²) in [6.45, 7) is 6.65. The Kier molecular flexibility index (Phi) is 6.68. The zero-order valence-electron chi connectivity index (χ0n) is 16.5. The molecular weight excluding hydrogens is 334 g/mol. The predicted molar refractivity (Wildman–Crippen MR) is 111 cm³/mol. The predicted octanol–water partition coefficient (Wildman–Crippen LogP) is 5.03. The molecule has 2 aromatic carbocycles. The molecular formula is C24H31NO2. The fraction of sp³-hybridized carbons (Fsp3) is 0.458. The van der Waals surface area contributed by atoms with Gasteiger partial charge in [0, 0.05) is 12.6 Å². The zero-order chi connectivity index (χ0) is 19.2. The first-order valence-corrected chi connectivity index (χ1v) is 10.2. The van der Waals surface area contributed by atoms with Crippen LogP contribution in [0.15, 0.2) is 48.5 Å². The summed E-state index contributed by atoms with van der Waals surface area (Å²) in [7, 11) is 0. The summed E-state index contributed by atoms with van der Waals surface area (Å²) in [5.41, 5.74) is 4.87. The SMILES string of the molecule is CC[C@H](Cc1ccc(-c2ccc(CCN3CCCC3C)cc2)cc1)C(=O)O. The molecule has 0 spiro atoms. The number of hydrogen-bond donors (Lipinski definition) is 1. The summed E-state index contributed by atoms with van der Waals surface area (Å²) in [6, 6.07) is 17.9. The number of carboxylic acids is 1. The van der Waals surface area contributed by atoms with E-state index >= 15 is 0 Å². The first-order valence-electron chi connectivity index (χ1n) is 10.2. The van der Waals surface area contributed by atoms with Crippen molar-refractivity contribution < 1.29 is 9.90 Å². The van der Waals surface area contributed by atoms with Gasteiger partial charge >= 0.3 is 5.97 Å². The first-order chi connectivity index (χ1) is 13.1. The number of aliphatic carboxylic acids is 1. The third-order valence-corrected chi connectivity index (χ3v) is 5.94. The minimum atomic E-state index is -0.708. The second-order valence-electron chi connectivity index (χ2n) is 7.82. The minimum absolute atomic E-state index is 0.298. The fourth-order valence-corrected chi connectivity index (χ4v) is 3.99. The molecule has 1 fully saturated rings. The van der Waals surface area contributed by atoms with Crippen LogP contribution < -0.4 is 0 Å². The molecule has 144 valence electrons. The van der Waals surface area contributed by atoms with Crippen LogP contribution in [0.3, 0.4) is 0 Å². The molecule has 2 atom stereocenters. The van der Waals surface area contributed by atoms with E-state index in [0.29, 0.717) is 12.8 Å². The van der Waals surface area contributed by atoms with Crippen LogP contribution in [0.5, 0.6) is 0 Å². The van der Waals surface area contributed by atoms with Gasteiger partial charge in [0.05, 0.1) is 5.92 Å². The summed E-state index contributed by atoms with van der Waals surface area (Å²) in [5, 5.41) is 9.22. The van der Waals surface area contributed by atoms with Gasteiger partial charge in [0.25, 0.3) is 0 Å². The Hall–Kier alpha value is -2.13. The fourth-order valence-electron chi connectivity index (χ4n) is 3.99. The number of likely N-dealkylation sites (tertiary alicyclic amines) is 1. The van der Waals surface area contributed by atoms with Crippen molar-refractivity contribution in [3.05, 3.63) is 59.7 Å². The normalized spacial score (nSPS) is 18.5. The molecule has 0 saturated carbocycles. The molecule has 3 heteroatoms. The summed E-state index contributed by atoms with van der Waals surface area (Å²) < 4.78 is 0. The maximum absolute atomic E-state index is 11.2. The molecule has 1 heterocycles. The smallest absolute Gasteiger partial charge is 0.306 e. The van der Waals surface area contributed by atoms with Crippen LogP contribution in [0.1, 0.15) is 44.2 Å². The van der Waals surface area contributed by atoms with Crippen LogP contribution in [0, 0.1) is 5.92 Å². The molecule has 1 N–H and O–H groups in total. The van der Waals surface area contributed by atoms with Crippen LogP contribution in [-0.4, -0.2) is 35.1 Å². The molecule has 2 aromatic rings. The molecule has 3 rings (SSSR count). The summed E-state index contributed by atoms with van der Waals surface area (Å²) in [4.78, 5) is 13.8. The van der Waals surface area contributed by atoms with Gasteiger partial charge in [-0.15, -0.1) is 0 Å². The third-order valence-electron chi connectivity index (χ3n) is 5.94. The molecule has 0 aliphatic carbocycles. The Labute approximate surface area is 163 Å². The zero-order valence-corrected chi connectivity index (χ0v) is 16.5. The highest BCUT2D eigenvalue weighted by atomic mass is 16.4. The highest BCUT2D eigenvalue weighted by molar-refractivity contribution is 5.70. The van der Waals surface area contributed by atoms with Gasteiger partial charge in [-0.2, -0.15) is 0 Å². The average molecular weight is 366 g/mol. The van der Waals surface area contributed by atoms with E-state index in [1.54, 1.807) is 0 Å². The van der Waals surface area contributed by atoms with E-state index in [2.05, 4.69) is 60.4 Å². The molecule has 3 nitrogen and oxygen atoms in total. The van der Waals surface area contributed by atoms with Gasteiger partial charge < -0.3 is 10.0 Å². The molecule has 1 aliphatic rings. The molecule has 0 amide bonds. The maximum Gasteiger partial charge on any atom is 0.306 e. The lowest BCUT2D eigenvalue weighted by Crippen LogP contribution is -2.28. The number of benzene rings is 2. The highest BCUT2D eigenvalue weighted by Crippen LogP contribution is 2.23. The maximum atomic E-state index is 11.2. The van der Waals surface area contributed by atoms with E-state index in [0.717, 1.165) is 24.6 Å². The number of carboxylic acid groups (broad SMARTS) is 1. The average Bonchev–Trinajstić information content (AvgIpc) is 3.10. The molecule has 0 aromatic heterocycles. The molecule has 0 bridgehead atoms. The summed E-state index contributed by atoms with van der Waals surface area (Å²) in [5.74, 6) is -1.01. The topological polar surface area (TPSA) is 40.5 Å². The standard InChI is InChI=1S/C24H31NO2/c1-3-21(24(26)27)17-20-8-12-23(13-9-20)22-10-6-19(7-11-22)14-16-25-15-4-5-18(25)2/h6-13,18,21H,3-5,14-17H2,1-2H3,(H,26,27)/t18?,21-/m1/s1. The van der Waals surface area contributed by atoms with Crippen molar-refractivity contribution in [3.63, 3.8) is 0 Å². The molecule has 27 heavy (non-hydrogen) atoms. The summed E-state index contributed by atoms with van der Waals surface area (Å²) >= 11 is 0. The Morgan fingerprint density at radius 1 is 1.07 bits per heavy atom. The number of rotatable bonds is 8. The highest BCUT2D eigenvalue weighted by Gasteiger charge is 2.19. The lowest BCUT2D eigenvalue weighted by atomic mass is 9.95. The number of nitrogens with zero attached hydrogens (tertiary/aromatic N) is 1. The lowest BCUT2D eigenvalue weighted by molar-refractivity contribution is -0.141. The van der Waals surface area contributed by atoms with Crippen molar-refractivity contribution in [2.24, 2.45) is 5.92 Å². The monoisotopic (exact) mass is 365 g/mol. The number of hydrogen-bond acceptors (Lipinski definition) is 2. The van der Waals surface area contributed by atoms with E-state index in [1.807, 2.05) is 6.92 Å². The van der Waals surface area contributed by atoms with Crippen molar-refractivity contribution in [1.29, 1.82) is 0 Å². The first kappa shape index (κ1) is 19.6.